The normalized spacial score (nSPS) is 12.1. The van der Waals surface area contributed by atoms with Gasteiger partial charge in [0.2, 0.25) is 0 Å². The number of aromatic carboxylic acids is 1. The maximum absolute atomic E-state index is 12.9. The van der Waals surface area contributed by atoms with Crippen LogP contribution in [0.5, 0.6) is 0 Å². The number of aromatic nitrogens is 3. The minimum Gasteiger partial charge on any atom is -0.477 e. The summed E-state index contributed by atoms with van der Waals surface area (Å²) in [5.41, 5.74) is 1.33. The number of hydrogen-bond donors (Lipinski definition) is 2. The van der Waals surface area contributed by atoms with Crippen LogP contribution < -0.4 is 4.72 Å². The van der Waals surface area contributed by atoms with Gasteiger partial charge in [-0.15, -0.1) is 11.3 Å². The maximum Gasteiger partial charge on any atom is 0.416 e. The van der Waals surface area contributed by atoms with Gasteiger partial charge in [0.15, 0.2) is 0 Å². The van der Waals surface area contributed by atoms with Gasteiger partial charge in [-0.2, -0.15) is 13.2 Å². The van der Waals surface area contributed by atoms with E-state index in [2.05, 4.69) is 14.7 Å². The van der Waals surface area contributed by atoms with Crippen molar-refractivity contribution in [3.05, 3.63) is 89.0 Å². The Morgan fingerprint density at radius 3 is 2.49 bits per heavy atom. The first-order valence-electron chi connectivity index (χ1n) is 10.5. The molecule has 0 bridgehead atoms. The van der Waals surface area contributed by atoms with Crippen molar-refractivity contribution < 1.29 is 31.5 Å². The predicted molar refractivity (Wildman–Crippen MR) is 131 cm³/mol. The van der Waals surface area contributed by atoms with Crippen molar-refractivity contribution in [3.63, 3.8) is 0 Å². The highest BCUT2D eigenvalue weighted by Gasteiger charge is 2.30. The Morgan fingerprint density at radius 1 is 1.03 bits per heavy atom. The van der Waals surface area contributed by atoms with Crippen LogP contribution in [0.4, 0.5) is 18.9 Å². The monoisotopic (exact) mass is 544 g/mol. The third kappa shape index (κ3) is 4.66. The number of rotatable bonds is 6. The van der Waals surface area contributed by atoms with Crippen molar-refractivity contribution in [2.24, 2.45) is 0 Å². The fourth-order valence-corrected chi connectivity index (χ4v) is 6.11. The second kappa shape index (κ2) is 9.01. The number of hydrogen-bond acceptors (Lipinski definition) is 6. The van der Waals surface area contributed by atoms with Gasteiger partial charge in [0.05, 0.1) is 16.9 Å². The van der Waals surface area contributed by atoms with Crippen molar-refractivity contribution in [3.8, 4) is 16.9 Å². The van der Waals surface area contributed by atoms with E-state index >= 15 is 0 Å². The molecule has 0 aliphatic heterocycles. The van der Waals surface area contributed by atoms with Gasteiger partial charge in [-0.25, -0.2) is 23.2 Å². The molecule has 188 valence electrons. The molecule has 0 fully saturated rings. The van der Waals surface area contributed by atoms with Crippen LogP contribution >= 0.6 is 11.3 Å². The number of nitrogens with one attached hydrogen (secondary N) is 1. The summed E-state index contributed by atoms with van der Waals surface area (Å²) in [7, 11) is -4.17. The van der Waals surface area contributed by atoms with E-state index in [1.807, 2.05) is 0 Å². The highest BCUT2D eigenvalue weighted by atomic mass is 32.2. The average molecular weight is 545 g/mol. The van der Waals surface area contributed by atoms with Crippen LogP contribution in [0.3, 0.4) is 0 Å². The molecule has 0 saturated carbocycles. The topological polar surface area (TPSA) is 114 Å². The molecule has 0 amide bonds. The molecule has 0 saturated heterocycles. The molecule has 13 heteroatoms. The number of alkyl halides is 3. The van der Waals surface area contributed by atoms with Crippen molar-refractivity contribution in [2.45, 2.75) is 11.1 Å². The fourth-order valence-electron chi connectivity index (χ4n) is 3.80. The van der Waals surface area contributed by atoms with Crippen LogP contribution in [0.1, 0.15) is 15.2 Å². The zero-order chi connectivity index (χ0) is 26.4. The number of anilines is 1. The Hall–Kier alpha value is -4.23. The van der Waals surface area contributed by atoms with Gasteiger partial charge in [-0.3, -0.25) is 4.72 Å². The van der Waals surface area contributed by atoms with E-state index in [9.17, 15) is 31.5 Å². The molecule has 5 aromatic rings. The molecule has 5 rings (SSSR count). The summed E-state index contributed by atoms with van der Waals surface area (Å²) >= 11 is 0.806. The standard InChI is InChI=1S/C24H15F3N4O4S2/c25-24(26,27)15-6-4-14(5-7-15)20-18-8-10-31(22(18)29-13-28-20)17-3-1-2-16(12-17)30-37(34,35)19-9-11-36-21(19)23(32)33/h1-13,30H,(H,32,33). The van der Waals surface area contributed by atoms with E-state index in [1.54, 1.807) is 35.0 Å². The maximum atomic E-state index is 12.9. The molecule has 0 spiro atoms. The number of halogens is 3. The molecule has 0 unspecified atom stereocenters. The highest BCUT2D eigenvalue weighted by Crippen LogP contribution is 2.33. The predicted octanol–water partition coefficient (Wildman–Crippen LogP) is 5.67. The lowest BCUT2D eigenvalue weighted by Gasteiger charge is -2.11. The van der Waals surface area contributed by atoms with Crippen LogP contribution in [0.2, 0.25) is 0 Å². The zero-order valence-corrected chi connectivity index (χ0v) is 20.1. The van der Waals surface area contributed by atoms with Gasteiger partial charge >= 0.3 is 12.1 Å². The van der Waals surface area contributed by atoms with Crippen LogP contribution in [0, 0.1) is 0 Å². The molecule has 3 aromatic heterocycles. The van der Waals surface area contributed by atoms with Gasteiger partial charge in [0, 0.05) is 22.8 Å². The quantitative estimate of drug-likeness (QED) is 0.285. The van der Waals surface area contributed by atoms with Crippen molar-refractivity contribution in [1.82, 2.24) is 14.5 Å². The summed E-state index contributed by atoms with van der Waals surface area (Å²) < 4.78 is 68.5. The largest absolute Gasteiger partial charge is 0.477 e. The molecule has 3 heterocycles. The number of carbonyl (C=O) groups is 1. The summed E-state index contributed by atoms with van der Waals surface area (Å²) in [5.74, 6) is -1.34. The molecule has 0 radical (unpaired) electrons. The number of sulfonamides is 1. The van der Waals surface area contributed by atoms with Crippen LogP contribution in [-0.2, 0) is 16.2 Å². The minimum atomic E-state index is -4.45. The third-order valence-electron chi connectivity index (χ3n) is 5.46. The van der Waals surface area contributed by atoms with E-state index < -0.39 is 27.7 Å². The fraction of sp³-hybridized carbons (Fsp3) is 0.0417. The number of nitrogens with zero attached hydrogens (tertiary/aromatic N) is 3. The van der Waals surface area contributed by atoms with Gasteiger partial charge < -0.3 is 9.67 Å². The highest BCUT2D eigenvalue weighted by molar-refractivity contribution is 7.93. The molecule has 8 nitrogen and oxygen atoms in total. The van der Waals surface area contributed by atoms with Gasteiger partial charge in [0.1, 0.15) is 21.7 Å². The minimum absolute atomic E-state index is 0.193. The molecule has 37 heavy (non-hydrogen) atoms. The Balaban J connectivity index is 1.50. The summed E-state index contributed by atoms with van der Waals surface area (Å²) in [5, 5.41) is 11.2. The molecule has 2 aromatic carbocycles. The lowest BCUT2D eigenvalue weighted by molar-refractivity contribution is -0.137. The van der Waals surface area contributed by atoms with Gasteiger partial charge in [-0.1, -0.05) is 18.2 Å². The SMILES string of the molecule is O=C(O)c1sccc1S(=O)(=O)Nc1cccc(-n2ccc3c(-c4ccc(C(F)(F)F)cc4)ncnc32)c1. The first-order valence-corrected chi connectivity index (χ1v) is 12.8. The lowest BCUT2D eigenvalue weighted by Crippen LogP contribution is -2.15. The van der Waals surface area contributed by atoms with E-state index in [0.717, 1.165) is 23.5 Å². The number of carboxylic acid groups (broad SMARTS) is 1. The number of benzene rings is 2. The molecule has 2 N–H and O–H groups in total. The molecule has 0 aliphatic rings. The second-order valence-corrected chi connectivity index (χ2v) is 10.4. The van der Waals surface area contributed by atoms with E-state index in [1.165, 1.54) is 36.0 Å². The van der Waals surface area contributed by atoms with Crippen LogP contribution in [0.25, 0.3) is 28.0 Å². The number of fused-ring (bicyclic) bond motifs is 1. The number of carboxylic acids is 1. The summed E-state index contributed by atoms with van der Waals surface area (Å²) in [6.45, 7) is 0. The van der Waals surface area contributed by atoms with Crippen LogP contribution in [-0.4, -0.2) is 34.0 Å². The Bertz CT molecular complexity index is 1740. The average Bonchev–Trinajstić information content (AvgIpc) is 3.52. The summed E-state index contributed by atoms with van der Waals surface area (Å²) in [6.07, 6.45) is -1.47. The Morgan fingerprint density at radius 2 is 1.78 bits per heavy atom. The first kappa shape index (κ1) is 24.5. The first-order chi connectivity index (χ1) is 17.5. The second-order valence-electron chi connectivity index (χ2n) is 7.80. The van der Waals surface area contributed by atoms with Gasteiger partial charge in [0.25, 0.3) is 10.0 Å². The summed E-state index contributed by atoms with van der Waals surface area (Å²) in [4.78, 5) is 19.3. The lowest BCUT2D eigenvalue weighted by atomic mass is 10.1. The van der Waals surface area contributed by atoms with Crippen molar-refractivity contribution >= 4 is 44.1 Å². The van der Waals surface area contributed by atoms with Crippen molar-refractivity contribution in [1.29, 1.82) is 0 Å². The third-order valence-corrected chi connectivity index (χ3v) is 7.91. The van der Waals surface area contributed by atoms with E-state index in [-0.39, 0.29) is 15.5 Å². The smallest absolute Gasteiger partial charge is 0.416 e. The zero-order valence-electron chi connectivity index (χ0n) is 18.5. The van der Waals surface area contributed by atoms with E-state index in [0.29, 0.717) is 28.0 Å². The molecule has 0 aliphatic carbocycles. The van der Waals surface area contributed by atoms with Gasteiger partial charge in [-0.05, 0) is 47.8 Å². The number of thiophene rings is 1. The molecular formula is C24H15F3N4O4S2. The van der Waals surface area contributed by atoms with Crippen molar-refractivity contribution in [2.75, 3.05) is 4.72 Å². The van der Waals surface area contributed by atoms with Crippen LogP contribution in [0.15, 0.2) is 83.5 Å². The Labute approximate surface area is 211 Å². The van der Waals surface area contributed by atoms with E-state index in [4.69, 9.17) is 0 Å². The molecule has 0 atom stereocenters. The molecular weight excluding hydrogens is 529 g/mol. The summed E-state index contributed by atoms with van der Waals surface area (Å²) in [6, 6.07) is 14.0. The Kier molecular flexibility index (Phi) is 5.96.